The lowest BCUT2D eigenvalue weighted by Crippen LogP contribution is -2.23. The highest BCUT2D eigenvalue weighted by Gasteiger charge is 2.17. The predicted octanol–water partition coefficient (Wildman–Crippen LogP) is 2.72. The molecule has 0 saturated carbocycles. The molecule has 0 aromatic heterocycles. The largest absolute Gasteiger partial charge is 0.241 e. The van der Waals surface area contributed by atoms with E-state index in [1.165, 1.54) is 12.1 Å². The van der Waals surface area contributed by atoms with Gasteiger partial charge in [-0.25, -0.2) is 21.6 Å². The lowest BCUT2D eigenvalue weighted by atomic mass is 10.1. The van der Waals surface area contributed by atoms with Crippen LogP contribution in [-0.4, -0.2) is 23.1 Å². The van der Waals surface area contributed by atoms with Gasteiger partial charge in [-0.3, -0.25) is 0 Å². The van der Waals surface area contributed by atoms with Gasteiger partial charge in [-0.05, 0) is 29.1 Å². The molecule has 5 nitrogen and oxygen atoms in total. The Morgan fingerprint density at radius 2 is 1.44 bits per heavy atom. The minimum atomic E-state index is -3.69. The highest BCUT2D eigenvalue weighted by Crippen LogP contribution is 2.22. The van der Waals surface area contributed by atoms with E-state index in [2.05, 4.69) is 4.72 Å². The Morgan fingerprint density at radius 3 is 2.12 bits per heavy atom. The maximum atomic E-state index is 12.6. The molecule has 3 aromatic carbocycles. The van der Waals surface area contributed by atoms with Crippen molar-refractivity contribution in [3.8, 4) is 0 Å². The Balaban J connectivity index is 1.84. The Kier molecular flexibility index (Phi) is 4.64. The Hall–Kier alpha value is -2.22. The van der Waals surface area contributed by atoms with Gasteiger partial charge in [0.2, 0.25) is 10.0 Å². The summed E-state index contributed by atoms with van der Waals surface area (Å²) >= 11 is 0. The summed E-state index contributed by atoms with van der Waals surface area (Å²) < 4.78 is 50.8. The second kappa shape index (κ2) is 6.59. The van der Waals surface area contributed by atoms with Gasteiger partial charge in [0, 0.05) is 18.2 Å². The summed E-state index contributed by atoms with van der Waals surface area (Å²) in [6.07, 6.45) is 1.13. The minimum absolute atomic E-state index is 0.0790. The number of nitrogens with one attached hydrogen (secondary N) is 1. The van der Waals surface area contributed by atoms with E-state index in [1.807, 2.05) is 18.2 Å². The summed E-state index contributed by atoms with van der Waals surface area (Å²) in [5.74, 6) is 0. The first-order valence-corrected chi connectivity index (χ1v) is 10.9. The van der Waals surface area contributed by atoms with Crippen molar-refractivity contribution >= 4 is 30.6 Å². The molecule has 0 saturated heterocycles. The van der Waals surface area contributed by atoms with Crippen molar-refractivity contribution in [3.63, 3.8) is 0 Å². The summed E-state index contributed by atoms with van der Waals surface area (Å²) in [7, 11) is -6.96. The van der Waals surface area contributed by atoms with E-state index in [0.29, 0.717) is 10.9 Å². The van der Waals surface area contributed by atoms with Crippen molar-refractivity contribution in [1.29, 1.82) is 0 Å². The smallest absolute Gasteiger partial charge is 0.224 e. The molecule has 1 N–H and O–H groups in total. The van der Waals surface area contributed by atoms with Gasteiger partial charge >= 0.3 is 0 Å². The van der Waals surface area contributed by atoms with Gasteiger partial charge in [-0.2, -0.15) is 0 Å². The van der Waals surface area contributed by atoms with Crippen LogP contribution in [0.3, 0.4) is 0 Å². The standard InChI is InChI=1S/C18H17NO4S2/c1-24(20,21)16-11-9-14(10-12-16)13-19-25(22,23)18-8-4-6-15-5-2-3-7-17(15)18/h2-12,19H,13H2,1H3. The lowest BCUT2D eigenvalue weighted by molar-refractivity contribution is 0.582. The van der Waals surface area contributed by atoms with Crippen LogP contribution in [0.1, 0.15) is 5.56 Å². The normalized spacial score (nSPS) is 12.4. The topological polar surface area (TPSA) is 80.3 Å². The van der Waals surface area contributed by atoms with Crippen LogP contribution in [0.25, 0.3) is 10.8 Å². The van der Waals surface area contributed by atoms with E-state index in [-0.39, 0.29) is 16.3 Å². The van der Waals surface area contributed by atoms with Gasteiger partial charge in [-0.15, -0.1) is 0 Å². The number of fused-ring (bicyclic) bond motifs is 1. The summed E-state index contributed by atoms with van der Waals surface area (Å²) in [6.45, 7) is 0.0790. The van der Waals surface area contributed by atoms with E-state index in [4.69, 9.17) is 0 Å². The van der Waals surface area contributed by atoms with Crippen molar-refractivity contribution in [1.82, 2.24) is 4.72 Å². The van der Waals surface area contributed by atoms with Crippen LogP contribution in [-0.2, 0) is 26.4 Å². The average molecular weight is 375 g/mol. The molecule has 7 heteroatoms. The number of hydrogen-bond donors (Lipinski definition) is 1. The Morgan fingerprint density at radius 1 is 0.800 bits per heavy atom. The summed E-state index contributed by atoms with van der Waals surface area (Å²) in [6, 6.07) is 18.6. The SMILES string of the molecule is CS(=O)(=O)c1ccc(CNS(=O)(=O)c2cccc3ccccc23)cc1. The predicted molar refractivity (Wildman–Crippen MR) is 97.5 cm³/mol. The molecule has 0 atom stereocenters. The van der Waals surface area contributed by atoms with Crippen molar-refractivity contribution in [2.45, 2.75) is 16.3 Å². The summed E-state index contributed by atoms with van der Waals surface area (Å²) in [4.78, 5) is 0.423. The monoisotopic (exact) mass is 375 g/mol. The number of sulfonamides is 1. The fourth-order valence-electron chi connectivity index (χ4n) is 2.54. The quantitative estimate of drug-likeness (QED) is 0.743. The van der Waals surface area contributed by atoms with Crippen LogP contribution in [0, 0.1) is 0 Å². The van der Waals surface area contributed by atoms with Crippen LogP contribution in [0.15, 0.2) is 76.5 Å². The first-order valence-electron chi connectivity index (χ1n) is 7.54. The zero-order valence-electron chi connectivity index (χ0n) is 13.5. The maximum Gasteiger partial charge on any atom is 0.241 e. The average Bonchev–Trinajstić information content (AvgIpc) is 2.59. The summed E-state index contributed by atoms with van der Waals surface area (Å²) in [5, 5.41) is 1.51. The van der Waals surface area contributed by atoms with Crippen molar-refractivity contribution < 1.29 is 16.8 Å². The molecule has 0 aliphatic rings. The number of rotatable bonds is 5. The van der Waals surface area contributed by atoms with Crippen LogP contribution in [0.5, 0.6) is 0 Å². The minimum Gasteiger partial charge on any atom is -0.224 e. The van der Waals surface area contributed by atoms with Gasteiger partial charge in [0.15, 0.2) is 9.84 Å². The van der Waals surface area contributed by atoms with Crippen molar-refractivity contribution in [2.75, 3.05) is 6.26 Å². The third-order valence-electron chi connectivity index (χ3n) is 3.86. The van der Waals surface area contributed by atoms with E-state index in [1.54, 1.807) is 36.4 Å². The molecule has 0 spiro atoms. The molecule has 3 rings (SSSR count). The highest BCUT2D eigenvalue weighted by atomic mass is 32.2. The van der Waals surface area contributed by atoms with Gasteiger partial charge in [0.1, 0.15) is 0 Å². The first-order chi connectivity index (χ1) is 11.8. The molecule has 0 aliphatic carbocycles. The number of sulfone groups is 1. The molecule has 3 aromatic rings. The second-order valence-corrected chi connectivity index (χ2v) is 9.47. The third-order valence-corrected chi connectivity index (χ3v) is 6.44. The molecule has 130 valence electrons. The zero-order valence-corrected chi connectivity index (χ0v) is 15.1. The molecule has 0 aliphatic heterocycles. The van der Waals surface area contributed by atoms with Gasteiger partial charge in [-0.1, -0.05) is 48.5 Å². The second-order valence-electron chi connectivity index (χ2n) is 5.72. The Bertz CT molecular complexity index is 1110. The zero-order chi connectivity index (χ0) is 18.1. The van der Waals surface area contributed by atoms with Crippen LogP contribution in [0.4, 0.5) is 0 Å². The van der Waals surface area contributed by atoms with E-state index in [0.717, 1.165) is 11.6 Å². The van der Waals surface area contributed by atoms with Crippen molar-refractivity contribution in [3.05, 3.63) is 72.3 Å². The molecular formula is C18H17NO4S2. The van der Waals surface area contributed by atoms with Crippen molar-refractivity contribution in [2.24, 2.45) is 0 Å². The molecular weight excluding hydrogens is 358 g/mol. The molecule has 0 amide bonds. The lowest BCUT2D eigenvalue weighted by Gasteiger charge is -2.10. The first kappa shape index (κ1) is 17.6. The third kappa shape index (κ3) is 3.89. The number of benzene rings is 3. The molecule has 0 unspecified atom stereocenters. The van der Waals surface area contributed by atoms with E-state index in [9.17, 15) is 16.8 Å². The fraction of sp³-hybridized carbons (Fsp3) is 0.111. The van der Waals surface area contributed by atoms with Gasteiger partial charge in [0.25, 0.3) is 0 Å². The van der Waals surface area contributed by atoms with Crippen LogP contribution in [0.2, 0.25) is 0 Å². The van der Waals surface area contributed by atoms with Gasteiger partial charge in [0.05, 0.1) is 9.79 Å². The molecule has 25 heavy (non-hydrogen) atoms. The van der Waals surface area contributed by atoms with Crippen LogP contribution >= 0.6 is 0 Å². The van der Waals surface area contributed by atoms with E-state index < -0.39 is 19.9 Å². The van der Waals surface area contributed by atoms with Crippen LogP contribution < -0.4 is 4.72 Å². The maximum absolute atomic E-state index is 12.6. The molecule has 0 bridgehead atoms. The molecule has 0 fully saturated rings. The summed E-state index contributed by atoms with van der Waals surface area (Å²) in [5.41, 5.74) is 0.677. The number of hydrogen-bond acceptors (Lipinski definition) is 4. The van der Waals surface area contributed by atoms with Gasteiger partial charge < -0.3 is 0 Å². The van der Waals surface area contributed by atoms with E-state index >= 15 is 0 Å². The molecule has 0 radical (unpaired) electrons. The molecule has 0 heterocycles. The highest BCUT2D eigenvalue weighted by molar-refractivity contribution is 7.90. The Labute approximate surface area is 147 Å². The fourth-order valence-corrected chi connectivity index (χ4v) is 4.42.